The van der Waals surface area contributed by atoms with Crippen molar-refractivity contribution in [2.45, 2.75) is 25.7 Å². The van der Waals surface area contributed by atoms with E-state index in [1.54, 1.807) is 36.4 Å². The van der Waals surface area contributed by atoms with E-state index >= 15 is 0 Å². The number of methoxy groups -OCH3 is 2. The summed E-state index contributed by atoms with van der Waals surface area (Å²) in [5.74, 6) is -0.112. The van der Waals surface area contributed by atoms with Crippen molar-refractivity contribution in [2.24, 2.45) is 0 Å². The summed E-state index contributed by atoms with van der Waals surface area (Å²) in [4.78, 5) is 24.2. The molecule has 2 N–H and O–H groups in total. The first-order valence-corrected chi connectivity index (χ1v) is 12.5. The van der Waals surface area contributed by atoms with E-state index in [0.29, 0.717) is 22.8 Å². The normalized spacial score (nSPS) is 10.9. The fraction of sp³-hybridized carbons (Fsp3) is 0.231. The number of carbonyl (C=O) groups is 2. The van der Waals surface area contributed by atoms with Gasteiger partial charge in [-0.1, -0.05) is 6.07 Å². The van der Waals surface area contributed by atoms with Gasteiger partial charge in [0, 0.05) is 24.4 Å². The summed E-state index contributed by atoms with van der Waals surface area (Å²) in [6, 6.07) is 16.1. The van der Waals surface area contributed by atoms with E-state index < -0.39 is 22.5 Å². The zero-order valence-corrected chi connectivity index (χ0v) is 21.6. The average Bonchev–Trinajstić information content (AvgIpc) is 2.82. The second-order valence-electron chi connectivity index (χ2n) is 8.18. The lowest BCUT2D eigenvalue weighted by Gasteiger charge is -2.25. The molecule has 0 radical (unpaired) electrons. The number of rotatable bonds is 9. The van der Waals surface area contributed by atoms with Gasteiger partial charge in [-0.2, -0.15) is 0 Å². The van der Waals surface area contributed by atoms with Crippen molar-refractivity contribution in [3.8, 4) is 11.5 Å². The summed E-state index contributed by atoms with van der Waals surface area (Å²) in [7, 11) is -1.29. The van der Waals surface area contributed by atoms with Crippen LogP contribution in [0.1, 0.15) is 18.1 Å². The molecule has 0 spiro atoms. The Morgan fingerprint density at radius 2 is 1.36 bits per heavy atom. The van der Waals surface area contributed by atoms with E-state index in [4.69, 9.17) is 9.47 Å². The van der Waals surface area contributed by atoms with E-state index in [1.165, 1.54) is 39.3 Å². The fourth-order valence-corrected chi connectivity index (χ4v) is 5.11. The van der Waals surface area contributed by atoms with Crippen molar-refractivity contribution in [1.29, 1.82) is 0 Å². The van der Waals surface area contributed by atoms with Crippen LogP contribution in [0, 0.1) is 13.8 Å². The first-order valence-electron chi connectivity index (χ1n) is 11.0. The van der Waals surface area contributed by atoms with E-state index in [2.05, 4.69) is 10.6 Å². The summed E-state index contributed by atoms with van der Waals surface area (Å²) in [6.45, 7) is 4.64. The Balaban J connectivity index is 1.95. The summed E-state index contributed by atoms with van der Waals surface area (Å²) in [5, 5.41) is 5.36. The Hall–Kier alpha value is -4.05. The van der Waals surface area contributed by atoms with Crippen LogP contribution in [0.4, 0.5) is 17.1 Å². The van der Waals surface area contributed by atoms with Gasteiger partial charge in [-0.15, -0.1) is 0 Å². The van der Waals surface area contributed by atoms with Crippen molar-refractivity contribution >= 4 is 38.9 Å². The van der Waals surface area contributed by atoms with Gasteiger partial charge in [0.1, 0.15) is 6.54 Å². The molecule has 0 saturated carbocycles. The van der Waals surface area contributed by atoms with Crippen molar-refractivity contribution in [3.63, 3.8) is 0 Å². The van der Waals surface area contributed by atoms with Crippen LogP contribution >= 0.6 is 0 Å². The highest BCUT2D eigenvalue weighted by Gasteiger charge is 2.29. The number of nitrogens with one attached hydrogen (secondary N) is 2. The van der Waals surface area contributed by atoms with Crippen molar-refractivity contribution in [2.75, 3.05) is 35.7 Å². The molecule has 2 amide bonds. The third-order valence-electron chi connectivity index (χ3n) is 5.21. The minimum Gasteiger partial charge on any atom is -0.493 e. The van der Waals surface area contributed by atoms with Gasteiger partial charge in [0.25, 0.3) is 10.0 Å². The molecule has 0 aliphatic heterocycles. The number of carbonyl (C=O) groups excluding carboxylic acids is 2. The molecule has 9 nitrogen and oxygen atoms in total. The Bertz CT molecular complexity index is 1350. The number of amides is 2. The van der Waals surface area contributed by atoms with Crippen LogP contribution in [0.15, 0.2) is 65.6 Å². The first kappa shape index (κ1) is 26.6. The molecular formula is C26H29N3O6S. The van der Waals surface area contributed by atoms with Crippen LogP contribution in [0.5, 0.6) is 11.5 Å². The second kappa shape index (κ2) is 11.1. The maximum atomic E-state index is 13.8. The molecule has 0 atom stereocenters. The summed E-state index contributed by atoms with van der Waals surface area (Å²) in [6.07, 6.45) is 0. The number of sulfonamides is 1. The number of nitrogens with zero attached hydrogens (tertiary/aromatic N) is 1. The molecule has 3 aromatic rings. The average molecular weight is 512 g/mol. The topological polar surface area (TPSA) is 114 Å². The molecule has 0 saturated heterocycles. The zero-order valence-electron chi connectivity index (χ0n) is 20.8. The second-order valence-corrected chi connectivity index (χ2v) is 10.0. The summed E-state index contributed by atoms with van der Waals surface area (Å²) in [5.41, 5.74) is 3.10. The molecule has 190 valence electrons. The van der Waals surface area contributed by atoms with Gasteiger partial charge in [0.2, 0.25) is 11.8 Å². The number of aryl methyl sites for hydroxylation is 2. The molecule has 3 rings (SSSR count). The smallest absolute Gasteiger partial charge is 0.264 e. The fourth-order valence-electron chi connectivity index (χ4n) is 3.69. The van der Waals surface area contributed by atoms with Crippen LogP contribution < -0.4 is 24.4 Å². The zero-order chi connectivity index (χ0) is 26.5. The molecule has 3 aromatic carbocycles. The van der Waals surface area contributed by atoms with E-state index in [1.807, 2.05) is 19.9 Å². The van der Waals surface area contributed by atoms with Gasteiger partial charge >= 0.3 is 0 Å². The summed E-state index contributed by atoms with van der Waals surface area (Å²) < 4.78 is 39.1. The highest BCUT2D eigenvalue weighted by molar-refractivity contribution is 7.92. The molecular weight excluding hydrogens is 482 g/mol. The van der Waals surface area contributed by atoms with Gasteiger partial charge in [-0.05, 0) is 73.5 Å². The summed E-state index contributed by atoms with van der Waals surface area (Å²) >= 11 is 0. The lowest BCUT2D eigenvalue weighted by atomic mass is 10.1. The number of benzene rings is 3. The predicted octanol–water partition coefficient (Wildman–Crippen LogP) is 4.11. The number of hydrogen-bond acceptors (Lipinski definition) is 6. The molecule has 0 aliphatic rings. The Labute approximate surface area is 211 Å². The number of hydrogen-bond donors (Lipinski definition) is 2. The number of anilines is 3. The lowest BCUT2D eigenvalue weighted by molar-refractivity contribution is -0.115. The van der Waals surface area contributed by atoms with Crippen molar-refractivity contribution < 1.29 is 27.5 Å². The first-order chi connectivity index (χ1) is 17.0. The predicted molar refractivity (Wildman–Crippen MR) is 139 cm³/mol. The maximum absolute atomic E-state index is 13.8. The van der Waals surface area contributed by atoms with Gasteiger partial charge in [0.15, 0.2) is 11.5 Å². The molecule has 0 aliphatic carbocycles. The van der Waals surface area contributed by atoms with E-state index in [-0.39, 0.29) is 16.6 Å². The highest BCUT2D eigenvalue weighted by atomic mass is 32.2. The molecule has 36 heavy (non-hydrogen) atoms. The Morgan fingerprint density at radius 3 is 1.89 bits per heavy atom. The van der Waals surface area contributed by atoms with Crippen LogP contribution in [0.2, 0.25) is 0 Å². The third kappa shape index (κ3) is 6.33. The third-order valence-corrected chi connectivity index (χ3v) is 6.98. The largest absolute Gasteiger partial charge is 0.493 e. The SMILES string of the molecule is COc1ccc(S(=O)(=O)N(CC(=O)Nc2ccc(NC(C)=O)cc2)c2cc(C)cc(C)c2)cc1OC. The number of ether oxygens (including phenoxy) is 2. The van der Waals surface area contributed by atoms with Crippen LogP contribution in [0.3, 0.4) is 0 Å². The Kier molecular flexibility index (Phi) is 8.21. The maximum Gasteiger partial charge on any atom is 0.264 e. The lowest BCUT2D eigenvalue weighted by Crippen LogP contribution is -2.38. The van der Waals surface area contributed by atoms with Crippen molar-refractivity contribution in [1.82, 2.24) is 0 Å². The standard InChI is InChI=1S/C26H29N3O6S/c1-17-12-18(2)14-22(13-17)29(36(32,33)23-10-11-24(34-4)25(15-23)35-5)16-26(31)28-21-8-6-20(7-9-21)27-19(3)30/h6-15H,16H2,1-5H3,(H,27,30)(H,28,31). The van der Waals surface area contributed by atoms with Crippen LogP contribution in [-0.2, 0) is 19.6 Å². The quantitative estimate of drug-likeness (QED) is 0.447. The Morgan fingerprint density at radius 1 is 0.806 bits per heavy atom. The molecule has 0 heterocycles. The minimum absolute atomic E-state index is 0.0493. The molecule has 0 aromatic heterocycles. The van der Waals surface area contributed by atoms with Crippen LogP contribution in [0.25, 0.3) is 0 Å². The van der Waals surface area contributed by atoms with Gasteiger partial charge in [0.05, 0.1) is 24.8 Å². The molecule has 0 bridgehead atoms. The monoisotopic (exact) mass is 511 g/mol. The molecule has 0 fully saturated rings. The van der Waals surface area contributed by atoms with Gasteiger partial charge in [-0.3, -0.25) is 13.9 Å². The minimum atomic E-state index is -4.16. The van der Waals surface area contributed by atoms with Crippen LogP contribution in [-0.4, -0.2) is 41.0 Å². The van der Waals surface area contributed by atoms with E-state index in [9.17, 15) is 18.0 Å². The molecule has 0 unspecified atom stereocenters. The van der Waals surface area contributed by atoms with Gasteiger partial charge < -0.3 is 20.1 Å². The highest BCUT2D eigenvalue weighted by Crippen LogP contribution is 2.32. The van der Waals surface area contributed by atoms with Crippen molar-refractivity contribution in [3.05, 3.63) is 71.8 Å². The molecule has 10 heteroatoms. The van der Waals surface area contributed by atoms with Gasteiger partial charge in [-0.25, -0.2) is 8.42 Å². The van der Waals surface area contributed by atoms with E-state index in [0.717, 1.165) is 15.4 Å².